The number of rotatable bonds is 5. The van der Waals surface area contributed by atoms with Gasteiger partial charge in [-0.3, -0.25) is 10.2 Å². The zero-order valence-corrected chi connectivity index (χ0v) is 12.3. The second-order valence-corrected chi connectivity index (χ2v) is 4.69. The van der Waals surface area contributed by atoms with Crippen molar-refractivity contribution in [2.45, 2.75) is 33.2 Å². The summed E-state index contributed by atoms with van der Waals surface area (Å²) >= 11 is 0. The number of amides is 1. The van der Waals surface area contributed by atoms with E-state index >= 15 is 0 Å². The van der Waals surface area contributed by atoms with Crippen molar-refractivity contribution in [1.29, 1.82) is 0 Å². The monoisotopic (exact) mass is 265 g/mol. The highest BCUT2D eigenvalue weighted by atomic mass is 16.5. The predicted octanol–water partition coefficient (Wildman–Crippen LogP) is 1.26. The van der Waals surface area contributed by atoms with E-state index in [9.17, 15) is 4.79 Å². The third kappa shape index (κ3) is 3.45. The number of hydrogen-bond acceptors (Lipinski definition) is 4. The van der Waals surface area contributed by atoms with Crippen molar-refractivity contribution in [3.8, 4) is 5.75 Å². The molecule has 1 rings (SSSR count). The Hall–Kier alpha value is -1.59. The minimum absolute atomic E-state index is 0.144. The number of benzene rings is 1. The third-order valence-electron chi connectivity index (χ3n) is 3.28. The molecule has 1 unspecified atom stereocenters. The summed E-state index contributed by atoms with van der Waals surface area (Å²) in [5, 5.41) is 0. The average molecular weight is 265 g/mol. The van der Waals surface area contributed by atoms with Crippen LogP contribution in [0.25, 0.3) is 0 Å². The van der Waals surface area contributed by atoms with Gasteiger partial charge in [0.15, 0.2) is 0 Å². The van der Waals surface area contributed by atoms with Crippen LogP contribution in [-0.4, -0.2) is 20.1 Å². The molecule has 1 aromatic carbocycles. The van der Waals surface area contributed by atoms with Gasteiger partial charge in [0, 0.05) is 25.1 Å². The molecule has 0 aliphatic heterocycles. The third-order valence-corrected chi connectivity index (χ3v) is 3.28. The minimum atomic E-state index is -0.386. The minimum Gasteiger partial charge on any atom is -0.496 e. The topological polar surface area (TPSA) is 76.4 Å². The Kier molecular flexibility index (Phi) is 5.32. The first kappa shape index (κ1) is 15.5. The summed E-state index contributed by atoms with van der Waals surface area (Å²) in [4.78, 5) is 11.6. The Bertz CT molecular complexity index is 472. The number of methoxy groups -OCH3 is 1. The number of nitrogens with two attached hydrogens (primary N) is 1. The zero-order valence-electron chi connectivity index (χ0n) is 12.3. The van der Waals surface area contributed by atoms with Gasteiger partial charge in [0.25, 0.3) is 0 Å². The molecule has 5 heteroatoms. The molecule has 0 aliphatic carbocycles. The SMILES string of the molecule is CNNC(=O)CC(N)c1c(C)cc(C)c(C)c1OC. The Morgan fingerprint density at radius 3 is 2.53 bits per heavy atom. The molecule has 1 amide bonds. The highest BCUT2D eigenvalue weighted by molar-refractivity contribution is 5.76. The predicted molar refractivity (Wildman–Crippen MR) is 76.0 cm³/mol. The molecule has 0 aromatic heterocycles. The maximum atomic E-state index is 11.6. The smallest absolute Gasteiger partial charge is 0.235 e. The van der Waals surface area contributed by atoms with E-state index in [1.165, 1.54) is 0 Å². The van der Waals surface area contributed by atoms with E-state index in [1.807, 2.05) is 20.8 Å². The molecule has 0 radical (unpaired) electrons. The van der Waals surface area contributed by atoms with E-state index < -0.39 is 0 Å². The second kappa shape index (κ2) is 6.54. The highest BCUT2D eigenvalue weighted by Gasteiger charge is 2.20. The second-order valence-electron chi connectivity index (χ2n) is 4.69. The number of nitrogens with one attached hydrogen (secondary N) is 2. The van der Waals surface area contributed by atoms with Crippen molar-refractivity contribution < 1.29 is 9.53 Å². The summed E-state index contributed by atoms with van der Waals surface area (Å²) in [6.07, 6.45) is 0.209. The normalized spacial score (nSPS) is 12.1. The molecule has 0 bridgehead atoms. The van der Waals surface area contributed by atoms with Gasteiger partial charge in [-0.25, -0.2) is 5.43 Å². The summed E-state index contributed by atoms with van der Waals surface area (Å²) in [6.45, 7) is 6.02. The number of hydrazine groups is 1. The van der Waals surface area contributed by atoms with E-state index in [0.717, 1.165) is 28.0 Å². The van der Waals surface area contributed by atoms with Crippen molar-refractivity contribution >= 4 is 5.91 Å². The molecule has 4 N–H and O–H groups in total. The molecule has 106 valence electrons. The molecule has 0 aliphatic rings. The lowest BCUT2D eigenvalue weighted by Gasteiger charge is -2.21. The van der Waals surface area contributed by atoms with Gasteiger partial charge >= 0.3 is 0 Å². The lowest BCUT2D eigenvalue weighted by atomic mass is 9.93. The maximum Gasteiger partial charge on any atom is 0.235 e. The van der Waals surface area contributed by atoms with Crippen molar-refractivity contribution in [3.05, 3.63) is 28.3 Å². The van der Waals surface area contributed by atoms with Gasteiger partial charge < -0.3 is 10.5 Å². The summed E-state index contributed by atoms with van der Waals surface area (Å²) < 4.78 is 5.47. The molecule has 19 heavy (non-hydrogen) atoms. The van der Waals surface area contributed by atoms with Crippen LogP contribution in [0.3, 0.4) is 0 Å². The highest BCUT2D eigenvalue weighted by Crippen LogP contribution is 2.34. The molecular weight excluding hydrogens is 242 g/mol. The van der Waals surface area contributed by atoms with Crippen molar-refractivity contribution in [2.75, 3.05) is 14.2 Å². The van der Waals surface area contributed by atoms with Crippen LogP contribution in [0.15, 0.2) is 6.07 Å². The summed E-state index contributed by atoms with van der Waals surface area (Å²) in [5.74, 6) is 0.636. The Morgan fingerprint density at radius 1 is 1.37 bits per heavy atom. The maximum absolute atomic E-state index is 11.6. The van der Waals surface area contributed by atoms with Crippen molar-refractivity contribution in [2.24, 2.45) is 5.73 Å². The summed E-state index contributed by atoms with van der Waals surface area (Å²) in [5.41, 5.74) is 15.4. The van der Waals surface area contributed by atoms with Crippen LogP contribution in [-0.2, 0) is 4.79 Å². The lowest BCUT2D eigenvalue weighted by molar-refractivity contribution is -0.122. The van der Waals surface area contributed by atoms with E-state index in [-0.39, 0.29) is 18.4 Å². The Balaban J connectivity index is 3.12. The molecule has 5 nitrogen and oxygen atoms in total. The van der Waals surface area contributed by atoms with Crippen LogP contribution in [0.2, 0.25) is 0 Å². The van der Waals surface area contributed by atoms with Crippen LogP contribution in [0.4, 0.5) is 0 Å². The fourth-order valence-corrected chi connectivity index (χ4v) is 2.29. The van der Waals surface area contributed by atoms with E-state index in [2.05, 4.69) is 16.9 Å². The molecule has 0 saturated heterocycles. The van der Waals surface area contributed by atoms with Gasteiger partial charge in [-0.2, -0.15) is 0 Å². The van der Waals surface area contributed by atoms with Crippen LogP contribution in [0.1, 0.15) is 34.7 Å². The molecule has 0 heterocycles. The number of carbonyl (C=O) groups is 1. The van der Waals surface area contributed by atoms with Gasteiger partial charge in [-0.15, -0.1) is 0 Å². The van der Waals surface area contributed by atoms with Gasteiger partial charge in [0.05, 0.1) is 7.11 Å². The van der Waals surface area contributed by atoms with Gasteiger partial charge in [-0.1, -0.05) is 6.07 Å². The first-order chi connectivity index (χ1) is 8.92. The van der Waals surface area contributed by atoms with Crippen LogP contribution in [0.5, 0.6) is 5.75 Å². The first-order valence-electron chi connectivity index (χ1n) is 6.28. The average Bonchev–Trinajstić information content (AvgIpc) is 2.33. The summed E-state index contributed by atoms with van der Waals surface area (Å²) in [6, 6.07) is 1.69. The van der Waals surface area contributed by atoms with Crippen LogP contribution < -0.4 is 21.3 Å². The van der Waals surface area contributed by atoms with Crippen molar-refractivity contribution in [1.82, 2.24) is 10.9 Å². The standard InChI is InChI=1S/C14H23N3O2/c1-8-6-9(2)13(14(19-5)10(8)3)11(15)7-12(18)17-16-4/h6,11,16H,7,15H2,1-5H3,(H,17,18). The van der Waals surface area contributed by atoms with E-state index in [4.69, 9.17) is 10.5 Å². The first-order valence-corrected chi connectivity index (χ1v) is 6.28. The largest absolute Gasteiger partial charge is 0.496 e. The van der Waals surface area contributed by atoms with Gasteiger partial charge in [0.1, 0.15) is 5.75 Å². The van der Waals surface area contributed by atoms with Gasteiger partial charge in [-0.05, 0) is 37.5 Å². The molecule has 0 fully saturated rings. The van der Waals surface area contributed by atoms with Crippen molar-refractivity contribution in [3.63, 3.8) is 0 Å². The van der Waals surface area contributed by atoms with Gasteiger partial charge in [0.2, 0.25) is 5.91 Å². The number of aryl methyl sites for hydroxylation is 2. The lowest BCUT2D eigenvalue weighted by Crippen LogP contribution is -2.36. The fourth-order valence-electron chi connectivity index (χ4n) is 2.29. The molecule has 0 saturated carbocycles. The van der Waals surface area contributed by atoms with E-state index in [0.29, 0.717) is 0 Å². The zero-order chi connectivity index (χ0) is 14.6. The van der Waals surface area contributed by atoms with Crippen LogP contribution >= 0.6 is 0 Å². The summed E-state index contributed by atoms with van der Waals surface area (Å²) in [7, 11) is 3.27. The quantitative estimate of drug-likeness (QED) is 0.701. The van der Waals surface area contributed by atoms with Crippen LogP contribution in [0, 0.1) is 20.8 Å². The molecular formula is C14H23N3O2. The Morgan fingerprint density at radius 2 is 2.00 bits per heavy atom. The number of hydrogen-bond donors (Lipinski definition) is 3. The number of carbonyl (C=O) groups excluding carboxylic acids is 1. The number of ether oxygens (including phenoxy) is 1. The molecule has 0 spiro atoms. The van der Waals surface area contributed by atoms with E-state index in [1.54, 1.807) is 14.2 Å². The molecule has 1 aromatic rings. The fraction of sp³-hybridized carbons (Fsp3) is 0.500. The molecule has 1 atom stereocenters. The Labute approximate surface area is 114 Å².